The molecule has 6 heteroatoms. The first-order valence-corrected chi connectivity index (χ1v) is 6.98. The topological polar surface area (TPSA) is 99.9 Å². The molecule has 0 radical (unpaired) electrons. The Morgan fingerprint density at radius 2 is 1.77 bits per heavy atom. The van der Waals surface area contributed by atoms with E-state index >= 15 is 0 Å². The highest BCUT2D eigenvalue weighted by molar-refractivity contribution is 5.84. The van der Waals surface area contributed by atoms with Crippen molar-refractivity contribution in [2.45, 2.75) is 12.8 Å². The van der Waals surface area contributed by atoms with Crippen molar-refractivity contribution in [2.75, 3.05) is 18.6 Å². The third-order valence-corrected chi connectivity index (χ3v) is 3.49. The number of fused-ring (bicyclic) bond motifs is 1. The third-order valence-electron chi connectivity index (χ3n) is 3.49. The van der Waals surface area contributed by atoms with Gasteiger partial charge in [-0.15, -0.1) is 0 Å². The standard InChI is InChI=1S/C16H17N5O/c1-22-13-5-3-2-4-10(13)6-7-11-8-9-12-14(19-11)15(17)21-16(18)20-12/h2-5,8-9H,6-7H2,1H3,(H4,17,18,20,21). The fraction of sp³-hybridized carbons (Fsp3) is 0.188. The first-order valence-electron chi connectivity index (χ1n) is 6.98. The van der Waals surface area contributed by atoms with E-state index in [1.54, 1.807) is 7.11 Å². The monoisotopic (exact) mass is 295 g/mol. The Labute approximate surface area is 128 Å². The molecule has 0 aliphatic rings. The number of nitrogens with zero attached hydrogens (tertiary/aromatic N) is 3. The predicted octanol–water partition coefficient (Wildman–Crippen LogP) is 1.98. The summed E-state index contributed by atoms with van der Waals surface area (Å²) >= 11 is 0. The van der Waals surface area contributed by atoms with Crippen LogP contribution in [0.1, 0.15) is 11.3 Å². The number of para-hydroxylation sites is 1. The molecule has 2 heterocycles. The highest BCUT2D eigenvalue weighted by Gasteiger charge is 2.07. The Kier molecular flexibility index (Phi) is 3.74. The minimum absolute atomic E-state index is 0.161. The number of pyridine rings is 1. The van der Waals surface area contributed by atoms with Gasteiger partial charge in [0.2, 0.25) is 5.95 Å². The lowest BCUT2D eigenvalue weighted by Gasteiger charge is -2.08. The molecule has 0 bridgehead atoms. The minimum Gasteiger partial charge on any atom is -0.496 e. The lowest BCUT2D eigenvalue weighted by molar-refractivity contribution is 0.409. The predicted molar refractivity (Wildman–Crippen MR) is 86.6 cm³/mol. The molecule has 22 heavy (non-hydrogen) atoms. The number of aromatic nitrogens is 3. The van der Waals surface area contributed by atoms with E-state index in [0.717, 1.165) is 29.8 Å². The van der Waals surface area contributed by atoms with Gasteiger partial charge in [-0.3, -0.25) is 0 Å². The number of nitrogen functional groups attached to an aromatic ring is 2. The lowest BCUT2D eigenvalue weighted by Crippen LogP contribution is -2.03. The average molecular weight is 295 g/mol. The fourth-order valence-corrected chi connectivity index (χ4v) is 2.41. The van der Waals surface area contributed by atoms with E-state index in [1.807, 2.05) is 30.3 Å². The summed E-state index contributed by atoms with van der Waals surface area (Å²) < 4.78 is 5.36. The first kappa shape index (κ1) is 14.1. The molecule has 0 aliphatic heterocycles. The summed E-state index contributed by atoms with van der Waals surface area (Å²) in [5.41, 5.74) is 14.8. The van der Waals surface area contributed by atoms with Gasteiger partial charge in [-0.25, -0.2) is 9.97 Å². The molecule has 3 rings (SSSR count). The fourth-order valence-electron chi connectivity index (χ4n) is 2.41. The Balaban J connectivity index is 1.85. The number of anilines is 2. The van der Waals surface area contributed by atoms with Crippen LogP contribution < -0.4 is 16.2 Å². The van der Waals surface area contributed by atoms with Gasteiger partial charge in [-0.05, 0) is 36.6 Å². The van der Waals surface area contributed by atoms with E-state index in [-0.39, 0.29) is 5.95 Å². The van der Waals surface area contributed by atoms with Crippen LogP contribution in [0.15, 0.2) is 36.4 Å². The van der Waals surface area contributed by atoms with Crippen molar-refractivity contribution < 1.29 is 4.74 Å². The van der Waals surface area contributed by atoms with Crippen LogP contribution in [-0.2, 0) is 12.8 Å². The number of nitrogens with two attached hydrogens (primary N) is 2. The molecular weight excluding hydrogens is 278 g/mol. The summed E-state index contributed by atoms with van der Waals surface area (Å²) in [6.07, 6.45) is 1.61. The van der Waals surface area contributed by atoms with Crippen LogP contribution in [-0.4, -0.2) is 22.1 Å². The summed E-state index contributed by atoms with van der Waals surface area (Å²) in [7, 11) is 1.68. The molecule has 0 saturated heterocycles. The zero-order chi connectivity index (χ0) is 15.5. The van der Waals surface area contributed by atoms with Crippen molar-refractivity contribution in [3.63, 3.8) is 0 Å². The van der Waals surface area contributed by atoms with Gasteiger partial charge in [0.15, 0.2) is 5.82 Å². The Bertz CT molecular complexity index is 819. The maximum absolute atomic E-state index is 5.87. The van der Waals surface area contributed by atoms with Crippen LogP contribution in [0.3, 0.4) is 0 Å². The van der Waals surface area contributed by atoms with Gasteiger partial charge in [-0.1, -0.05) is 18.2 Å². The van der Waals surface area contributed by atoms with Crippen molar-refractivity contribution in [1.29, 1.82) is 0 Å². The molecule has 6 nitrogen and oxygen atoms in total. The number of benzene rings is 1. The van der Waals surface area contributed by atoms with E-state index < -0.39 is 0 Å². The summed E-state index contributed by atoms with van der Waals surface area (Å²) in [6, 6.07) is 11.8. The molecule has 0 amide bonds. The van der Waals surface area contributed by atoms with Crippen LogP contribution in [0.5, 0.6) is 5.75 Å². The molecule has 0 atom stereocenters. The van der Waals surface area contributed by atoms with Gasteiger partial charge in [0.1, 0.15) is 11.3 Å². The van der Waals surface area contributed by atoms with Crippen LogP contribution in [0, 0.1) is 0 Å². The van der Waals surface area contributed by atoms with Gasteiger partial charge < -0.3 is 16.2 Å². The number of methoxy groups -OCH3 is 1. The van der Waals surface area contributed by atoms with Crippen molar-refractivity contribution in [1.82, 2.24) is 15.0 Å². The highest BCUT2D eigenvalue weighted by atomic mass is 16.5. The molecule has 112 valence electrons. The van der Waals surface area contributed by atoms with E-state index in [0.29, 0.717) is 16.9 Å². The summed E-state index contributed by atoms with van der Waals surface area (Å²) in [6.45, 7) is 0. The SMILES string of the molecule is COc1ccccc1CCc1ccc2nc(N)nc(N)c2n1. The van der Waals surface area contributed by atoms with Gasteiger partial charge in [-0.2, -0.15) is 4.98 Å². The van der Waals surface area contributed by atoms with E-state index in [2.05, 4.69) is 21.0 Å². The molecule has 2 aromatic heterocycles. The lowest BCUT2D eigenvalue weighted by atomic mass is 10.1. The molecule has 1 aromatic carbocycles. The Morgan fingerprint density at radius 3 is 2.59 bits per heavy atom. The third kappa shape index (κ3) is 2.76. The minimum atomic E-state index is 0.161. The molecule has 3 aromatic rings. The summed E-state index contributed by atoms with van der Waals surface area (Å²) in [4.78, 5) is 12.6. The normalized spacial score (nSPS) is 10.8. The second kappa shape index (κ2) is 5.85. The zero-order valence-corrected chi connectivity index (χ0v) is 12.3. The molecule has 0 fully saturated rings. The summed E-state index contributed by atoms with van der Waals surface area (Å²) in [5.74, 6) is 1.36. The average Bonchev–Trinajstić information content (AvgIpc) is 2.53. The van der Waals surface area contributed by atoms with Gasteiger partial charge >= 0.3 is 0 Å². The molecule has 0 unspecified atom stereocenters. The van der Waals surface area contributed by atoms with Crippen molar-refractivity contribution in [3.8, 4) is 5.75 Å². The second-order valence-corrected chi connectivity index (χ2v) is 4.95. The van der Waals surface area contributed by atoms with Gasteiger partial charge in [0.05, 0.1) is 12.6 Å². The van der Waals surface area contributed by atoms with Gasteiger partial charge in [0, 0.05) is 5.69 Å². The molecule has 0 aliphatic carbocycles. The van der Waals surface area contributed by atoms with Crippen LogP contribution in [0.25, 0.3) is 11.0 Å². The molecule has 0 spiro atoms. The summed E-state index contributed by atoms with van der Waals surface area (Å²) in [5, 5.41) is 0. The van der Waals surface area contributed by atoms with Crippen molar-refractivity contribution in [2.24, 2.45) is 0 Å². The molecule has 4 N–H and O–H groups in total. The largest absolute Gasteiger partial charge is 0.496 e. The Morgan fingerprint density at radius 1 is 0.955 bits per heavy atom. The van der Waals surface area contributed by atoms with E-state index in [4.69, 9.17) is 16.2 Å². The quantitative estimate of drug-likeness (QED) is 0.763. The van der Waals surface area contributed by atoms with Crippen LogP contribution in [0.4, 0.5) is 11.8 Å². The first-order chi connectivity index (χ1) is 10.7. The molecular formula is C16H17N5O. The second-order valence-electron chi connectivity index (χ2n) is 4.95. The van der Waals surface area contributed by atoms with Crippen molar-refractivity contribution in [3.05, 3.63) is 47.7 Å². The van der Waals surface area contributed by atoms with E-state index in [1.165, 1.54) is 0 Å². The van der Waals surface area contributed by atoms with Crippen LogP contribution >= 0.6 is 0 Å². The van der Waals surface area contributed by atoms with Gasteiger partial charge in [0.25, 0.3) is 0 Å². The maximum Gasteiger partial charge on any atom is 0.222 e. The molecule has 0 saturated carbocycles. The van der Waals surface area contributed by atoms with E-state index in [9.17, 15) is 0 Å². The number of hydrogen-bond acceptors (Lipinski definition) is 6. The number of rotatable bonds is 4. The van der Waals surface area contributed by atoms with Crippen LogP contribution in [0.2, 0.25) is 0 Å². The zero-order valence-electron chi connectivity index (χ0n) is 12.3. The Hall–Kier alpha value is -2.89. The smallest absolute Gasteiger partial charge is 0.222 e. The number of aryl methyl sites for hydroxylation is 2. The van der Waals surface area contributed by atoms with Crippen molar-refractivity contribution >= 4 is 22.8 Å². The number of ether oxygens (including phenoxy) is 1. The number of hydrogen-bond donors (Lipinski definition) is 2. The maximum atomic E-state index is 5.87. The highest BCUT2D eigenvalue weighted by Crippen LogP contribution is 2.21.